The Balaban J connectivity index is 1.43. The number of hydrogen-bond donors (Lipinski definition) is 1. The Morgan fingerprint density at radius 3 is 2.60 bits per heavy atom. The van der Waals surface area contributed by atoms with Crippen molar-refractivity contribution in [2.75, 3.05) is 31.1 Å². The molecule has 1 aliphatic carbocycles. The van der Waals surface area contributed by atoms with Crippen molar-refractivity contribution in [1.29, 1.82) is 0 Å². The number of nitrogens with zero attached hydrogens (tertiary/aromatic N) is 4. The Kier molecular flexibility index (Phi) is 3.99. The van der Waals surface area contributed by atoms with E-state index in [1.165, 1.54) is 6.20 Å². The van der Waals surface area contributed by atoms with Gasteiger partial charge in [-0.2, -0.15) is 0 Å². The van der Waals surface area contributed by atoms with Gasteiger partial charge in [0.1, 0.15) is 17.2 Å². The molecule has 1 saturated carbocycles. The minimum absolute atomic E-state index is 0.131. The molecule has 2 aromatic rings. The minimum atomic E-state index is -0.329. The second-order valence-electron chi connectivity index (χ2n) is 6.70. The van der Waals surface area contributed by atoms with Crippen LogP contribution in [0.4, 0.5) is 5.82 Å². The lowest BCUT2D eigenvalue weighted by atomic mass is 10.2. The number of carbonyl (C=O) groups excluding carboxylic acids is 1. The molecule has 130 valence electrons. The van der Waals surface area contributed by atoms with Gasteiger partial charge in [-0.15, -0.1) is 0 Å². The average Bonchev–Trinajstić information content (AvgIpc) is 3.46. The molecule has 0 radical (unpaired) electrons. The molecule has 4 rings (SSSR count). The van der Waals surface area contributed by atoms with Gasteiger partial charge in [-0.1, -0.05) is 6.07 Å². The second-order valence-corrected chi connectivity index (χ2v) is 6.70. The first kappa shape index (κ1) is 15.8. The van der Waals surface area contributed by atoms with Crippen LogP contribution < -0.4 is 10.5 Å². The van der Waals surface area contributed by atoms with E-state index < -0.39 is 0 Å². The Morgan fingerprint density at radius 2 is 1.96 bits per heavy atom. The van der Waals surface area contributed by atoms with Crippen LogP contribution in [0.5, 0.6) is 0 Å². The first-order valence-electron chi connectivity index (χ1n) is 8.69. The van der Waals surface area contributed by atoms with E-state index in [1.54, 1.807) is 4.90 Å². The van der Waals surface area contributed by atoms with Crippen LogP contribution in [0.3, 0.4) is 0 Å². The Bertz CT molecular complexity index is 851. The van der Waals surface area contributed by atoms with Crippen LogP contribution >= 0.6 is 0 Å². The summed E-state index contributed by atoms with van der Waals surface area (Å²) in [6.07, 6.45) is 3.56. The molecule has 2 aliphatic rings. The summed E-state index contributed by atoms with van der Waals surface area (Å²) in [6, 6.07) is 5.94. The molecular weight excluding hydrogens is 318 g/mol. The minimum Gasteiger partial charge on any atom is -0.353 e. The molecule has 25 heavy (non-hydrogen) atoms. The zero-order valence-corrected chi connectivity index (χ0v) is 14.2. The van der Waals surface area contributed by atoms with E-state index >= 15 is 0 Å². The molecule has 2 fully saturated rings. The predicted molar refractivity (Wildman–Crippen MR) is 93.9 cm³/mol. The number of aromatic nitrogens is 3. The maximum atomic E-state index is 12.6. The van der Waals surface area contributed by atoms with Crippen molar-refractivity contribution < 1.29 is 4.79 Å². The zero-order valence-electron chi connectivity index (χ0n) is 14.2. The molecule has 7 heteroatoms. The second kappa shape index (κ2) is 6.31. The molecule has 3 heterocycles. The van der Waals surface area contributed by atoms with Gasteiger partial charge in [0, 0.05) is 44.0 Å². The highest BCUT2D eigenvalue weighted by molar-refractivity contribution is 5.93. The van der Waals surface area contributed by atoms with Crippen molar-refractivity contribution in [3.05, 3.63) is 51.8 Å². The van der Waals surface area contributed by atoms with Crippen molar-refractivity contribution in [3.8, 4) is 0 Å². The van der Waals surface area contributed by atoms with Gasteiger partial charge in [0.05, 0.1) is 0 Å². The molecule has 2 aromatic heterocycles. The molecule has 1 saturated heterocycles. The Morgan fingerprint density at radius 1 is 1.20 bits per heavy atom. The number of rotatable bonds is 3. The average molecular weight is 339 g/mol. The highest BCUT2D eigenvalue weighted by Crippen LogP contribution is 2.37. The van der Waals surface area contributed by atoms with E-state index in [0.717, 1.165) is 24.4 Å². The van der Waals surface area contributed by atoms with Gasteiger partial charge in [0.2, 0.25) is 0 Å². The maximum Gasteiger partial charge on any atom is 0.263 e. The number of hydrogen-bond acceptors (Lipinski definition) is 5. The number of piperazine rings is 1. The number of pyridine rings is 1. The van der Waals surface area contributed by atoms with Crippen molar-refractivity contribution in [3.63, 3.8) is 0 Å². The van der Waals surface area contributed by atoms with Gasteiger partial charge in [-0.3, -0.25) is 9.59 Å². The third kappa shape index (κ3) is 3.26. The lowest BCUT2D eigenvalue weighted by molar-refractivity contribution is 0.0744. The summed E-state index contributed by atoms with van der Waals surface area (Å²) in [5.41, 5.74) is 0.778. The molecule has 7 nitrogen and oxygen atoms in total. The Hall–Kier alpha value is -2.70. The lowest BCUT2D eigenvalue weighted by Gasteiger charge is -2.35. The van der Waals surface area contributed by atoms with Gasteiger partial charge >= 0.3 is 0 Å². The van der Waals surface area contributed by atoms with E-state index in [-0.39, 0.29) is 17.0 Å². The molecule has 1 N–H and O–H groups in total. The van der Waals surface area contributed by atoms with Crippen LogP contribution in [0, 0.1) is 6.92 Å². The predicted octanol–water partition coefficient (Wildman–Crippen LogP) is 1.31. The highest BCUT2D eigenvalue weighted by atomic mass is 16.2. The van der Waals surface area contributed by atoms with Crippen LogP contribution in [-0.2, 0) is 0 Å². The molecule has 0 aromatic carbocycles. The summed E-state index contributed by atoms with van der Waals surface area (Å²) in [5, 5.41) is 0. The number of nitrogens with one attached hydrogen (secondary N) is 1. The molecule has 0 spiro atoms. The molecule has 1 amide bonds. The van der Waals surface area contributed by atoms with Crippen LogP contribution in [0.1, 0.15) is 40.6 Å². The topological polar surface area (TPSA) is 82.2 Å². The van der Waals surface area contributed by atoms with Crippen molar-refractivity contribution in [2.45, 2.75) is 25.7 Å². The van der Waals surface area contributed by atoms with Gasteiger partial charge in [-0.05, 0) is 31.9 Å². The monoisotopic (exact) mass is 339 g/mol. The van der Waals surface area contributed by atoms with Gasteiger partial charge in [-0.25, -0.2) is 9.97 Å². The fourth-order valence-corrected chi connectivity index (χ4v) is 3.14. The fourth-order valence-electron chi connectivity index (χ4n) is 3.14. The number of anilines is 1. The number of amides is 1. The third-order valence-electron chi connectivity index (χ3n) is 4.78. The molecule has 0 bridgehead atoms. The first-order valence-corrected chi connectivity index (χ1v) is 8.69. The summed E-state index contributed by atoms with van der Waals surface area (Å²) in [6.45, 7) is 4.51. The van der Waals surface area contributed by atoms with E-state index in [1.807, 2.05) is 25.1 Å². The van der Waals surface area contributed by atoms with Gasteiger partial charge < -0.3 is 14.8 Å². The number of carbonyl (C=O) groups is 1. The zero-order chi connectivity index (χ0) is 17.4. The van der Waals surface area contributed by atoms with Crippen LogP contribution in [0.15, 0.2) is 29.2 Å². The molecule has 0 unspecified atom stereocenters. The number of aromatic amines is 1. The van der Waals surface area contributed by atoms with Crippen molar-refractivity contribution >= 4 is 11.7 Å². The molecule has 0 atom stereocenters. The third-order valence-corrected chi connectivity index (χ3v) is 4.78. The summed E-state index contributed by atoms with van der Waals surface area (Å²) >= 11 is 0. The normalized spacial score (nSPS) is 17.6. The van der Waals surface area contributed by atoms with Gasteiger partial charge in [0.25, 0.3) is 11.5 Å². The fraction of sp³-hybridized carbons (Fsp3) is 0.444. The maximum absolute atomic E-state index is 12.6. The smallest absolute Gasteiger partial charge is 0.263 e. The standard InChI is InChI=1S/C18H21N5O2/c1-12-3-2-4-15(20-12)22-7-9-23(10-8-22)18(25)14-11-19-16(13-5-6-13)21-17(14)24/h2-4,11,13H,5-10H2,1H3,(H,19,21,24). The first-order chi connectivity index (χ1) is 12.1. The number of aryl methyl sites for hydroxylation is 1. The van der Waals surface area contributed by atoms with E-state index in [9.17, 15) is 9.59 Å². The van der Waals surface area contributed by atoms with E-state index in [0.29, 0.717) is 37.9 Å². The van der Waals surface area contributed by atoms with Crippen LogP contribution in [0.2, 0.25) is 0 Å². The summed E-state index contributed by atoms with van der Waals surface area (Å²) in [7, 11) is 0. The molecular formula is C18H21N5O2. The van der Waals surface area contributed by atoms with Crippen molar-refractivity contribution in [2.24, 2.45) is 0 Å². The largest absolute Gasteiger partial charge is 0.353 e. The van der Waals surface area contributed by atoms with Gasteiger partial charge in [0.15, 0.2) is 0 Å². The van der Waals surface area contributed by atoms with E-state index in [4.69, 9.17) is 0 Å². The van der Waals surface area contributed by atoms with E-state index in [2.05, 4.69) is 19.9 Å². The SMILES string of the molecule is Cc1cccc(N2CCN(C(=O)c3cnc(C4CC4)[nH]c3=O)CC2)n1. The van der Waals surface area contributed by atoms with Crippen LogP contribution in [0.25, 0.3) is 0 Å². The summed E-state index contributed by atoms with van der Waals surface area (Å²) < 4.78 is 0. The quantitative estimate of drug-likeness (QED) is 0.912. The number of H-pyrrole nitrogens is 1. The lowest BCUT2D eigenvalue weighted by Crippen LogP contribution is -2.50. The molecule has 1 aliphatic heterocycles. The summed E-state index contributed by atoms with van der Waals surface area (Å²) in [5.74, 6) is 1.76. The summed E-state index contributed by atoms with van der Waals surface area (Å²) in [4.78, 5) is 40.3. The van der Waals surface area contributed by atoms with Crippen LogP contribution in [-0.4, -0.2) is 51.9 Å². The Labute approximate surface area is 145 Å². The van der Waals surface area contributed by atoms with Crippen molar-refractivity contribution in [1.82, 2.24) is 19.9 Å². The highest BCUT2D eigenvalue weighted by Gasteiger charge is 2.28.